The van der Waals surface area contributed by atoms with Crippen LogP contribution in [0.3, 0.4) is 0 Å². The van der Waals surface area contributed by atoms with Crippen LogP contribution < -0.4 is 0 Å². The second kappa shape index (κ2) is 39.2. The first-order valence-corrected chi connectivity index (χ1v) is 34.2. The molecule has 0 spiro atoms. The molecule has 0 aromatic heterocycles. The first-order valence-electron chi connectivity index (χ1n) is 34.2. The average Bonchev–Trinajstić information content (AvgIpc) is 0.777. The Bertz CT molecular complexity index is 2470. The number of nitrogens with zero attached hydrogens (tertiary/aromatic N) is 1. The fourth-order valence-corrected chi connectivity index (χ4v) is 13.5. The summed E-state index contributed by atoms with van der Waals surface area (Å²) >= 11 is 0. The van der Waals surface area contributed by atoms with Crippen molar-refractivity contribution in [3.63, 3.8) is 0 Å². The molecule has 109 heavy (non-hydrogen) atoms. The smallest absolute Gasteiger partial charge is 0.290 e. The highest BCUT2D eigenvalue weighted by Gasteiger charge is 2.61. The van der Waals surface area contributed by atoms with E-state index in [9.17, 15) is 163 Å². The van der Waals surface area contributed by atoms with E-state index in [4.69, 9.17) is 85.3 Å². The summed E-state index contributed by atoms with van der Waals surface area (Å²) in [6.45, 7) is -14.5. The van der Waals surface area contributed by atoms with Crippen molar-refractivity contribution in [3.05, 3.63) is 10.1 Å². The molecule has 0 saturated carbocycles. The third-order valence-corrected chi connectivity index (χ3v) is 20.2. The summed E-state index contributed by atoms with van der Waals surface area (Å²) in [6.07, 6.45) is -94.0. The lowest BCUT2D eigenvalue weighted by atomic mass is 9.95. The van der Waals surface area contributed by atoms with Crippen molar-refractivity contribution in [2.24, 2.45) is 0 Å². The Kier molecular flexibility index (Phi) is 32.5. The zero-order valence-corrected chi connectivity index (χ0v) is 57.0. The molecule has 0 bridgehead atoms. The molecule has 0 amide bonds. The molecule has 9 heterocycles. The molecule has 0 unspecified atom stereocenters. The van der Waals surface area contributed by atoms with E-state index in [0.717, 1.165) is 0 Å². The van der Waals surface area contributed by atoms with Crippen LogP contribution in [0.15, 0.2) is 0 Å². The molecule has 51 nitrogen and oxygen atoms in total. The van der Waals surface area contributed by atoms with Gasteiger partial charge in [0.25, 0.3) is 5.54 Å². The van der Waals surface area contributed by atoms with Crippen molar-refractivity contribution in [2.45, 2.75) is 282 Å². The molecule has 30 N–H and O–H groups in total. The van der Waals surface area contributed by atoms with Crippen molar-refractivity contribution in [3.8, 4) is 0 Å². The lowest BCUT2D eigenvalue weighted by molar-refractivity contribution is -0.590. The Balaban J connectivity index is 0.936. The fourth-order valence-electron chi connectivity index (χ4n) is 13.5. The van der Waals surface area contributed by atoms with Crippen molar-refractivity contribution >= 4 is 0 Å². The van der Waals surface area contributed by atoms with E-state index in [1.165, 1.54) is 0 Å². The maximum Gasteiger partial charge on any atom is 0.290 e. The zero-order chi connectivity index (χ0) is 80.3. The van der Waals surface area contributed by atoms with Gasteiger partial charge in [0.15, 0.2) is 56.6 Å². The summed E-state index contributed by atoms with van der Waals surface area (Å²) < 4.78 is 101. The monoisotopic (exact) mass is 1610 g/mol. The van der Waals surface area contributed by atoms with Gasteiger partial charge in [0.1, 0.15) is 240 Å². The van der Waals surface area contributed by atoms with Gasteiger partial charge in [0.2, 0.25) is 0 Å². The molecule has 51 heteroatoms. The summed E-state index contributed by atoms with van der Waals surface area (Å²) in [5, 5.41) is 337. The zero-order valence-electron chi connectivity index (χ0n) is 57.0. The van der Waals surface area contributed by atoms with Gasteiger partial charge in [-0.2, -0.15) is 0 Å². The Morgan fingerprint density at radius 2 is 0.394 bits per heavy atom. The second-order valence-corrected chi connectivity index (χ2v) is 27.4. The molecule has 0 aromatic rings. The molecular formula is C58H99NO50. The maximum absolute atomic E-state index is 13.8. The van der Waals surface area contributed by atoms with E-state index < -0.39 is 366 Å². The third-order valence-electron chi connectivity index (χ3n) is 20.2. The largest absolute Gasteiger partial charge is 0.394 e. The van der Waals surface area contributed by atoms with Gasteiger partial charge in [0.05, 0.1) is 59.5 Å². The van der Waals surface area contributed by atoms with Gasteiger partial charge >= 0.3 is 0 Å². The minimum Gasteiger partial charge on any atom is -0.394 e. The molecule has 0 aliphatic carbocycles. The van der Waals surface area contributed by atoms with E-state index in [1.54, 1.807) is 0 Å². The molecule has 45 atom stereocenters. The quantitative estimate of drug-likeness (QED) is 0.0226. The fraction of sp³-hybridized carbons (Fsp3) is 1.00. The summed E-state index contributed by atoms with van der Waals surface area (Å²) in [7, 11) is 0. The number of rotatable bonds is 31. The Labute approximate surface area is 613 Å². The van der Waals surface area contributed by atoms with E-state index in [1.807, 2.05) is 0 Å². The highest BCUT2D eigenvalue weighted by atomic mass is 16.8. The Morgan fingerprint density at radius 3 is 0.596 bits per heavy atom. The van der Waals surface area contributed by atoms with Crippen LogP contribution in [-0.4, -0.2) is 519 Å². The van der Waals surface area contributed by atoms with E-state index in [0.29, 0.717) is 0 Å². The van der Waals surface area contributed by atoms with Gasteiger partial charge in [-0.25, -0.2) is 0 Å². The van der Waals surface area contributed by atoms with Crippen LogP contribution in [0.5, 0.6) is 0 Å². The molecule has 9 rings (SSSR count). The van der Waals surface area contributed by atoms with Crippen LogP contribution in [0.25, 0.3) is 0 Å². The summed E-state index contributed by atoms with van der Waals surface area (Å²) in [6, 6.07) is 0. The number of ether oxygens (including phenoxy) is 18. The lowest BCUT2D eigenvalue weighted by Gasteiger charge is -2.48. The normalized spacial score (nSPS) is 50.3. The highest BCUT2D eigenvalue weighted by molar-refractivity contribution is 5.02. The van der Waals surface area contributed by atoms with Crippen LogP contribution in [0.1, 0.15) is 0 Å². The van der Waals surface area contributed by atoms with E-state index in [2.05, 4.69) is 0 Å². The van der Waals surface area contributed by atoms with Gasteiger partial charge in [0, 0.05) is 4.92 Å². The minimum absolute atomic E-state index is 0.948. The van der Waals surface area contributed by atoms with Gasteiger partial charge in [-0.3, -0.25) is 10.1 Å². The van der Waals surface area contributed by atoms with Crippen molar-refractivity contribution < 1.29 is 243 Å². The first kappa shape index (κ1) is 90.4. The van der Waals surface area contributed by atoms with Gasteiger partial charge in [-0.05, 0) is 0 Å². The molecule has 9 fully saturated rings. The summed E-state index contributed by atoms with van der Waals surface area (Å²) in [5.41, 5.74) is -3.18. The third kappa shape index (κ3) is 19.1. The standard InChI is InChI=1S/C58H99NO50/c60-1-13-22(69)28(75)34(81)52(95-13)107-46-25(72)16(4-63)98-55(40(46)87)104-43-19(7-66)101-49(37(84)31(43)78)92-10-58(59(90)91,11-93-50-38(85)32(79)44(20(8-67)102-50)105-56-41(88)47(26(73)17(5-64)99-56)108-53-35(82)29(76)23(70)14(2-61)96-53)12-94-51-39(86)33(80)45(21(9-68)103-51)106-57-42(89)48(27(74)18(6-65)100-57)109-54-36(83)30(77)24(71)15(3-62)97-54/h13-57,60-89H,1-12H2/t13-,14-,15-,16-,17-,18-,19-,20-,21-,22+,23+,24+,25+,26+,27+,28+,29+,30+,31-,32-,33-,34-,35-,36-,37-,38-,39-,40-,41-,42-,43-,44-,45-,46+,47+,48+,49-,50-,51-,52-,53-,54-,55-,56-,57-/m1/s1. The molecule has 9 aliphatic heterocycles. The predicted molar refractivity (Wildman–Crippen MR) is 325 cm³/mol. The van der Waals surface area contributed by atoms with Crippen molar-refractivity contribution in [1.82, 2.24) is 0 Å². The minimum atomic E-state index is -3.18. The highest BCUT2D eigenvalue weighted by Crippen LogP contribution is 2.39. The Morgan fingerprint density at radius 1 is 0.220 bits per heavy atom. The Hall–Kier alpha value is -2.52. The second-order valence-electron chi connectivity index (χ2n) is 27.4. The lowest BCUT2D eigenvalue weighted by Crippen LogP contribution is -2.67. The first-order chi connectivity index (χ1) is 51.6. The predicted octanol–water partition coefficient (Wildman–Crippen LogP) is -21.6. The van der Waals surface area contributed by atoms with Gasteiger partial charge < -0.3 is 238 Å². The number of aliphatic hydroxyl groups is 30. The van der Waals surface area contributed by atoms with Gasteiger partial charge in [-0.1, -0.05) is 0 Å². The molecular weight excluding hydrogens is 1510 g/mol. The number of hydrogen-bond donors (Lipinski definition) is 30. The molecule has 0 aromatic carbocycles. The molecule has 9 saturated heterocycles. The van der Waals surface area contributed by atoms with Gasteiger partial charge in [-0.15, -0.1) is 0 Å². The maximum atomic E-state index is 13.8. The van der Waals surface area contributed by atoms with E-state index >= 15 is 0 Å². The van der Waals surface area contributed by atoms with Crippen molar-refractivity contribution in [1.29, 1.82) is 0 Å². The number of nitro groups is 1. The van der Waals surface area contributed by atoms with E-state index in [-0.39, 0.29) is 0 Å². The molecule has 9 aliphatic rings. The van der Waals surface area contributed by atoms with Crippen LogP contribution in [0, 0.1) is 10.1 Å². The SMILES string of the molecule is O=[N+]([O-])C(CO[C@@H]1O[C@H](CO)[C@@H](O[C@H]2O[C@H](CO)[C@H](O)[C@H](O[C@H]3O[C@H](CO)[C@H](O)[C@H](O)[C@H]3O)[C@H]2O)[C@H](O)[C@H]1O)(CO[C@@H]1O[C@H](CO)[C@@H](O[C@H]2O[C@H](CO)[C@H](O)[C@H](O[C@H]3O[C@H](CO)[C@H](O)[C@H](O)[C@H]3O)[C@H]2O)[C@H](O)[C@H]1O)CO[C@@H]1O[C@H](CO)[C@@H](O[C@H]2O[C@H](CO)[C@H](O)[C@H](O[C@H]3O[C@H](CO)[C@H](O)[C@H](O)[C@H]3O)[C@H]2O)[C@H](O)[C@H]1O. The molecule has 636 valence electrons. The van der Waals surface area contributed by atoms with Crippen LogP contribution in [0.4, 0.5) is 0 Å². The van der Waals surface area contributed by atoms with Crippen LogP contribution in [0.2, 0.25) is 0 Å². The number of hydrogen-bond acceptors (Lipinski definition) is 50. The topological polar surface area (TPSA) is 816 Å². The summed E-state index contributed by atoms with van der Waals surface area (Å²) in [4.78, 5) is 12.5. The van der Waals surface area contributed by atoms with Crippen molar-refractivity contribution in [2.75, 3.05) is 79.3 Å². The summed E-state index contributed by atoms with van der Waals surface area (Å²) in [5.74, 6) is 0. The van der Waals surface area contributed by atoms with Crippen LogP contribution >= 0.6 is 0 Å². The van der Waals surface area contributed by atoms with Crippen LogP contribution in [-0.2, 0) is 85.3 Å². The molecule has 0 radical (unpaired) electrons. The average molecular weight is 1610 g/mol. The number of aliphatic hydroxyl groups excluding tert-OH is 30.